The van der Waals surface area contributed by atoms with Crippen LogP contribution in [0.3, 0.4) is 0 Å². The molecule has 0 saturated heterocycles. The number of halogens is 3. The van der Waals surface area contributed by atoms with E-state index in [2.05, 4.69) is 13.8 Å². The van der Waals surface area contributed by atoms with E-state index in [0.29, 0.717) is 5.54 Å². The first-order valence-electron chi connectivity index (χ1n) is 3.41. The van der Waals surface area contributed by atoms with Crippen molar-refractivity contribution in [3.63, 3.8) is 0 Å². The molecule has 0 aliphatic heterocycles. The van der Waals surface area contributed by atoms with Gasteiger partial charge in [-0.3, -0.25) is 0 Å². The molecule has 1 unspecified atom stereocenters. The van der Waals surface area contributed by atoms with E-state index in [-0.39, 0.29) is 5.41 Å². The number of hydrogen-bond donors (Lipinski definition) is 0. The van der Waals surface area contributed by atoms with E-state index in [1.165, 1.54) is 6.42 Å². The lowest BCUT2D eigenvalue weighted by molar-refractivity contribution is 0.189. The van der Waals surface area contributed by atoms with Gasteiger partial charge in [0.1, 0.15) is 0 Å². The average molecular weight is 218 g/mol. The van der Waals surface area contributed by atoms with E-state index in [1.54, 1.807) is 0 Å². The molecular weight excluding hydrogens is 207 g/mol. The Hall–Kier alpha value is 1.09. The minimum absolute atomic E-state index is 0.289. The van der Waals surface area contributed by atoms with Gasteiger partial charge in [0.2, 0.25) is 0 Å². The highest BCUT2D eigenvalue weighted by Crippen LogP contribution is 2.59. The fraction of sp³-hybridized carbons (Fsp3) is 1.00. The second kappa shape index (κ2) is 2.55. The summed E-state index contributed by atoms with van der Waals surface area (Å²) < 4.78 is 0. The zero-order valence-corrected chi connectivity index (χ0v) is 9.39. The van der Waals surface area contributed by atoms with E-state index < -0.39 is 6.00 Å². The SMILES string of the molecule is CC1(C)CCC1[Si](Cl)(Cl)Cl. The minimum Gasteiger partial charge on any atom is -0.126 e. The molecule has 1 fully saturated rings. The van der Waals surface area contributed by atoms with Gasteiger partial charge in [-0.15, -0.1) is 33.2 Å². The Morgan fingerprint density at radius 3 is 1.80 bits per heavy atom. The van der Waals surface area contributed by atoms with Gasteiger partial charge in [0.05, 0.1) is 0 Å². The molecule has 4 heteroatoms. The van der Waals surface area contributed by atoms with Crippen molar-refractivity contribution in [1.82, 2.24) is 0 Å². The van der Waals surface area contributed by atoms with Crippen LogP contribution in [-0.2, 0) is 0 Å². The Labute approximate surface area is 77.0 Å². The average Bonchev–Trinajstić information content (AvgIpc) is 1.58. The molecule has 1 rings (SSSR count). The van der Waals surface area contributed by atoms with E-state index in [0.717, 1.165) is 6.42 Å². The quantitative estimate of drug-likeness (QED) is 0.463. The molecule has 60 valence electrons. The second-order valence-corrected chi connectivity index (χ2v) is 12.5. The fourth-order valence-corrected chi connectivity index (χ4v) is 6.62. The highest BCUT2D eigenvalue weighted by atomic mass is 35.8. The van der Waals surface area contributed by atoms with Gasteiger partial charge in [-0.25, -0.2) is 0 Å². The summed E-state index contributed by atoms with van der Waals surface area (Å²) in [6.45, 7) is 4.35. The van der Waals surface area contributed by atoms with Crippen LogP contribution in [0.1, 0.15) is 26.7 Å². The first kappa shape index (κ1) is 9.18. The molecule has 0 nitrogen and oxygen atoms in total. The normalized spacial score (nSPS) is 31.5. The first-order chi connectivity index (χ1) is 4.34. The van der Waals surface area contributed by atoms with Crippen LogP contribution in [0.25, 0.3) is 0 Å². The van der Waals surface area contributed by atoms with E-state index in [9.17, 15) is 0 Å². The molecule has 1 saturated carbocycles. The maximum Gasteiger partial charge on any atom is 0.344 e. The maximum absolute atomic E-state index is 5.89. The van der Waals surface area contributed by atoms with Crippen molar-refractivity contribution in [2.45, 2.75) is 32.2 Å². The smallest absolute Gasteiger partial charge is 0.126 e. The molecule has 1 atom stereocenters. The summed E-state index contributed by atoms with van der Waals surface area (Å²) in [5, 5.41) is 0. The van der Waals surface area contributed by atoms with Crippen LogP contribution in [-0.4, -0.2) is 6.00 Å². The van der Waals surface area contributed by atoms with Gasteiger partial charge in [0.15, 0.2) is 0 Å². The van der Waals surface area contributed by atoms with Crippen LogP contribution >= 0.6 is 33.2 Å². The third-order valence-electron chi connectivity index (χ3n) is 2.42. The molecule has 0 N–H and O–H groups in total. The molecular formula is C6H11Cl3Si. The van der Waals surface area contributed by atoms with Crippen molar-refractivity contribution < 1.29 is 0 Å². The predicted molar refractivity (Wildman–Crippen MR) is 50.1 cm³/mol. The fourth-order valence-electron chi connectivity index (χ4n) is 1.47. The standard InChI is InChI=1S/C6H11Cl3Si/c1-6(2)4-3-5(6)10(7,8)9/h5H,3-4H2,1-2H3. The molecule has 1 aliphatic rings. The Morgan fingerprint density at radius 2 is 1.80 bits per heavy atom. The molecule has 10 heavy (non-hydrogen) atoms. The second-order valence-electron chi connectivity index (χ2n) is 3.62. The molecule has 0 aromatic heterocycles. The summed E-state index contributed by atoms with van der Waals surface area (Å²) in [7, 11) is 0. The lowest BCUT2D eigenvalue weighted by atomic mass is 9.71. The number of hydrogen-bond acceptors (Lipinski definition) is 0. The van der Waals surface area contributed by atoms with Crippen molar-refractivity contribution in [3.8, 4) is 0 Å². The highest BCUT2D eigenvalue weighted by Gasteiger charge is 2.51. The summed E-state index contributed by atoms with van der Waals surface area (Å²) in [5.41, 5.74) is 0.669. The third-order valence-corrected chi connectivity index (χ3v) is 6.65. The van der Waals surface area contributed by atoms with Gasteiger partial charge in [-0.1, -0.05) is 13.8 Å². The van der Waals surface area contributed by atoms with Gasteiger partial charge in [-0.05, 0) is 23.8 Å². The Balaban J connectivity index is 2.60. The van der Waals surface area contributed by atoms with Gasteiger partial charge < -0.3 is 0 Å². The van der Waals surface area contributed by atoms with Gasteiger partial charge in [0.25, 0.3) is 0 Å². The largest absolute Gasteiger partial charge is 0.344 e. The summed E-state index contributed by atoms with van der Waals surface area (Å²) in [6.07, 6.45) is 2.31. The Bertz CT molecular complexity index is 128. The molecule has 0 radical (unpaired) electrons. The third kappa shape index (κ3) is 1.63. The van der Waals surface area contributed by atoms with Crippen LogP contribution in [0, 0.1) is 5.41 Å². The van der Waals surface area contributed by atoms with Crippen LogP contribution in [0.5, 0.6) is 0 Å². The topological polar surface area (TPSA) is 0 Å². The van der Waals surface area contributed by atoms with E-state index in [4.69, 9.17) is 33.2 Å². The van der Waals surface area contributed by atoms with Crippen LogP contribution in [0.2, 0.25) is 5.54 Å². The lowest BCUT2D eigenvalue weighted by Crippen LogP contribution is -2.40. The Kier molecular flexibility index (Phi) is 2.34. The van der Waals surface area contributed by atoms with Crippen molar-refractivity contribution in [2.24, 2.45) is 5.41 Å². The van der Waals surface area contributed by atoms with Crippen molar-refractivity contribution in [2.75, 3.05) is 0 Å². The number of rotatable bonds is 1. The van der Waals surface area contributed by atoms with Crippen molar-refractivity contribution in [3.05, 3.63) is 0 Å². The van der Waals surface area contributed by atoms with Gasteiger partial charge in [0, 0.05) is 0 Å². The van der Waals surface area contributed by atoms with E-state index in [1.807, 2.05) is 0 Å². The zero-order valence-electron chi connectivity index (χ0n) is 6.13. The Morgan fingerprint density at radius 1 is 1.30 bits per heavy atom. The summed E-state index contributed by atoms with van der Waals surface area (Å²) in [4.78, 5) is 0. The first-order valence-corrected chi connectivity index (χ1v) is 8.52. The van der Waals surface area contributed by atoms with E-state index >= 15 is 0 Å². The molecule has 0 heterocycles. The molecule has 1 aliphatic carbocycles. The zero-order chi connectivity index (χ0) is 7.99. The maximum atomic E-state index is 5.89. The monoisotopic (exact) mass is 216 g/mol. The van der Waals surface area contributed by atoms with Gasteiger partial charge in [-0.2, -0.15) is 0 Å². The van der Waals surface area contributed by atoms with Gasteiger partial charge >= 0.3 is 6.00 Å². The minimum atomic E-state index is -2.39. The summed E-state index contributed by atoms with van der Waals surface area (Å²) in [5.74, 6) is 0. The molecule has 0 spiro atoms. The highest BCUT2D eigenvalue weighted by molar-refractivity contribution is 7.65. The lowest BCUT2D eigenvalue weighted by Gasteiger charge is -2.47. The molecule has 0 amide bonds. The molecule has 0 aromatic rings. The van der Waals surface area contributed by atoms with Crippen LogP contribution in [0.4, 0.5) is 0 Å². The summed E-state index contributed by atoms with van der Waals surface area (Å²) in [6, 6.07) is -2.39. The van der Waals surface area contributed by atoms with Crippen LogP contribution in [0.15, 0.2) is 0 Å². The molecule has 0 aromatic carbocycles. The van der Waals surface area contributed by atoms with Crippen molar-refractivity contribution >= 4 is 39.2 Å². The predicted octanol–water partition coefficient (Wildman–Crippen LogP) is 3.83. The van der Waals surface area contributed by atoms with Crippen LogP contribution < -0.4 is 0 Å². The summed E-state index contributed by atoms with van der Waals surface area (Å²) >= 11 is 17.7. The molecule has 0 bridgehead atoms. The van der Waals surface area contributed by atoms with Crippen molar-refractivity contribution in [1.29, 1.82) is 0 Å².